The van der Waals surface area contributed by atoms with Crippen molar-refractivity contribution < 1.29 is 0 Å². The molecule has 0 atom stereocenters. The zero-order valence-corrected chi connectivity index (χ0v) is 14.9. The van der Waals surface area contributed by atoms with Crippen molar-refractivity contribution in [1.29, 1.82) is 0 Å². The Hall–Kier alpha value is -0.0431. The second-order valence-electron chi connectivity index (χ2n) is 7.45. The highest BCUT2D eigenvalue weighted by Crippen LogP contribution is 2.51. The SMILES string of the molecule is CC/C=C/C1CCC(C2(C)CCC([SiH2]C)CC2)CC1. The van der Waals surface area contributed by atoms with Crippen molar-refractivity contribution in [3.8, 4) is 0 Å². The molecule has 2 aliphatic rings. The average Bonchev–Trinajstić information content (AvgIpc) is 2.46. The Labute approximate surface area is 123 Å². The van der Waals surface area contributed by atoms with Gasteiger partial charge < -0.3 is 0 Å². The molecule has 0 nitrogen and oxygen atoms in total. The number of rotatable bonds is 4. The zero-order valence-electron chi connectivity index (χ0n) is 13.5. The van der Waals surface area contributed by atoms with Crippen LogP contribution >= 0.6 is 0 Å². The summed E-state index contributed by atoms with van der Waals surface area (Å²) >= 11 is 0. The maximum absolute atomic E-state index is 2.62. The van der Waals surface area contributed by atoms with Gasteiger partial charge in [-0.2, -0.15) is 0 Å². The van der Waals surface area contributed by atoms with Gasteiger partial charge >= 0.3 is 0 Å². The molecule has 2 aliphatic carbocycles. The third kappa shape index (κ3) is 3.97. The van der Waals surface area contributed by atoms with Gasteiger partial charge in [0, 0.05) is 9.52 Å². The summed E-state index contributed by atoms with van der Waals surface area (Å²) in [5.41, 5.74) is 1.89. The Balaban J connectivity index is 1.82. The van der Waals surface area contributed by atoms with Crippen molar-refractivity contribution in [3.63, 3.8) is 0 Å². The van der Waals surface area contributed by atoms with Gasteiger partial charge in [0.05, 0.1) is 0 Å². The molecule has 0 amide bonds. The Morgan fingerprint density at radius 1 is 1.05 bits per heavy atom. The minimum absolute atomic E-state index is 0.264. The lowest BCUT2D eigenvalue weighted by Gasteiger charge is -2.45. The van der Waals surface area contributed by atoms with Crippen molar-refractivity contribution in [2.75, 3.05) is 0 Å². The first-order valence-corrected chi connectivity index (χ1v) is 11.1. The van der Waals surface area contributed by atoms with Gasteiger partial charge in [-0.3, -0.25) is 0 Å². The van der Waals surface area contributed by atoms with Crippen molar-refractivity contribution in [1.82, 2.24) is 0 Å². The van der Waals surface area contributed by atoms with Gasteiger partial charge in [-0.25, -0.2) is 0 Å². The predicted molar refractivity (Wildman–Crippen MR) is 89.6 cm³/mol. The van der Waals surface area contributed by atoms with E-state index in [1.807, 2.05) is 0 Å². The molecule has 19 heavy (non-hydrogen) atoms. The summed E-state index contributed by atoms with van der Waals surface area (Å²) in [6.45, 7) is 7.38. The first kappa shape index (κ1) is 15.3. The highest BCUT2D eigenvalue weighted by atomic mass is 28.2. The highest BCUT2D eigenvalue weighted by molar-refractivity contribution is 6.35. The van der Waals surface area contributed by atoms with E-state index in [-0.39, 0.29) is 9.52 Å². The van der Waals surface area contributed by atoms with E-state index in [9.17, 15) is 0 Å². The molecule has 2 saturated carbocycles. The van der Waals surface area contributed by atoms with Crippen LogP contribution in [-0.2, 0) is 0 Å². The van der Waals surface area contributed by atoms with Gasteiger partial charge in [-0.1, -0.05) is 50.9 Å². The summed E-state index contributed by atoms with van der Waals surface area (Å²) in [6.07, 6.45) is 18.2. The Bertz CT molecular complexity index is 278. The summed E-state index contributed by atoms with van der Waals surface area (Å²) in [6, 6.07) is 0. The second-order valence-corrected chi connectivity index (χ2v) is 9.42. The molecule has 0 aromatic heterocycles. The van der Waals surface area contributed by atoms with Crippen LogP contribution in [0.15, 0.2) is 12.2 Å². The maximum atomic E-state index is 2.62. The monoisotopic (exact) mass is 278 g/mol. The molecule has 2 rings (SSSR count). The van der Waals surface area contributed by atoms with Gasteiger partial charge in [-0.15, -0.1) is 0 Å². The maximum Gasteiger partial charge on any atom is 0.0201 e. The lowest BCUT2D eigenvalue weighted by molar-refractivity contribution is 0.0794. The first-order valence-electron chi connectivity index (χ1n) is 8.84. The van der Waals surface area contributed by atoms with E-state index in [2.05, 4.69) is 32.5 Å². The minimum atomic E-state index is 0.264. The molecule has 110 valence electrons. The van der Waals surface area contributed by atoms with Crippen LogP contribution in [0.5, 0.6) is 0 Å². The van der Waals surface area contributed by atoms with E-state index in [0.717, 1.165) is 11.8 Å². The number of hydrogen-bond donors (Lipinski definition) is 0. The number of hydrogen-bond acceptors (Lipinski definition) is 0. The third-order valence-corrected chi connectivity index (χ3v) is 8.20. The van der Waals surface area contributed by atoms with Crippen LogP contribution in [0, 0.1) is 17.3 Å². The Morgan fingerprint density at radius 2 is 1.68 bits per heavy atom. The van der Waals surface area contributed by atoms with Crippen LogP contribution in [-0.4, -0.2) is 9.52 Å². The lowest BCUT2D eigenvalue weighted by atomic mass is 9.61. The summed E-state index contributed by atoms with van der Waals surface area (Å²) in [7, 11) is 0.264. The average molecular weight is 279 g/mol. The van der Waals surface area contributed by atoms with E-state index in [1.165, 1.54) is 37.6 Å². The molecule has 0 spiro atoms. The predicted octanol–water partition coefficient (Wildman–Crippen LogP) is 5.34. The van der Waals surface area contributed by atoms with Crippen molar-refractivity contribution in [2.24, 2.45) is 17.3 Å². The molecular weight excluding hydrogens is 244 g/mol. The van der Waals surface area contributed by atoms with E-state index >= 15 is 0 Å². The molecular formula is C18H34Si. The standard InChI is InChI=1S/C18H34Si/c1-4-5-6-15-7-9-16(10-8-15)18(2)13-11-17(19-3)12-14-18/h5-6,15-17H,4,7-14,19H2,1-3H3/b6-5+. The minimum Gasteiger partial charge on any atom is -0.0885 e. The fourth-order valence-corrected chi connectivity index (χ4v) is 5.72. The number of allylic oxidation sites excluding steroid dienone is 2. The molecule has 0 aromatic carbocycles. The zero-order chi connectivity index (χ0) is 13.7. The fourth-order valence-electron chi connectivity index (χ4n) is 4.49. The molecule has 0 unspecified atom stereocenters. The normalized spacial score (nSPS) is 41.3. The summed E-state index contributed by atoms with van der Waals surface area (Å²) < 4.78 is 0. The molecule has 0 aliphatic heterocycles. The molecule has 0 saturated heterocycles. The van der Waals surface area contributed by atoms with Crippen molar-refractivity contribution >= 4 is 9.52 Å². The molecule has 1 heteroatoms. The Kier molecular flexibility index (Phi) is 5.74. The van der Waals surface area contributed by atoms with Gasteiger partial charge in [0.2, 0.25) is 0 Å². The molecule has 0 bridgehead atoms. The lowest BCUT2D eigenvalue weighted by Crippen LogP contribution is -2.34. The van der Waals surface area contributed by atoms with Gasteiger partial charge in [-0.05, 0) is 62.2 Å². The molecule has 0 radical (unpaired) electrons. The van der Waals surface area contributed by atoms with E-state index in [0.29, 0.717) is 5.41 Å². The first-order chi connectivity index (χ1) is 9.18. The Morgan fingerprint density at radius 3 is 2.21 bits per heavy atom. The summed E-state index contributed by atoms with van der Waals surface area (Å²) in [5, 5.41) is 0. The molecule has 0 heterocycles. The summed E-state index contributed by atoms with van der Waals surface area (Å²) in [4.78, 5) is 0. The largest absolute Gasteiger partial charge is 0.0885 e. The van der Waals surface area contributed by atoms with Crippen LogP contribution in [0.25, 0.3) is 0 Å². The van der Waals surface area contributed by atoms with Crippen LogP contribution < -0.4 is 0 Å². The van der Waals surface area contributed by atoms with E-state index in [1.54, 1.807) is 25.7 Å². The molecule has 2 fully saturated rings. The van der Waals surface area contributed by atoms with Gasteiger partial charge in [0.15, 0.2) is 0 Å². The third-order valence-electron chi connectivity index (χ3n) is 6.23. The molecule has 0 aromatic rings. The van der Waals surface area contributed by atoms with Gasteiger partial charge in [0.25, 0.3) is 0 Å². The molecule has 0 N–H and O–H groups in total. The van der Waals surface area contributed by atoms with Crippen molar-refractivity contribution in [3.05, 3.63) is 12.2 Å². The quantitative estimate of drug-likeness (QED) is 0.481. The van der Waals surface area contributed by atoms with E-state index < -0.39 is 0 Å². The smallest absolute Gasteiger partial charge is 0.0201 e. The van der Waals surface area contributed by atoms with Gasteiger partial charge in [0.1, 0.15) is 0 Å². The fraction of sp³-hybridized carbons (Fsp3) is 0.889. The topological polar surface area (TPSA) is 0 Å². The van der Waals surface area contributed by atoms with Crippen LogP contribution in [0.4, 0.5) is 0 Å². The highest BCUT2D eigenvalue weighted by Gasteiger charge is 2.38. The van der Waals surface area contributed by atoms with Crippen LogP contribution in [0.2, 0.25) is 12.1 Å². The van der Waals surface area contributed by atoms with Crippen LogP contribution in [0.3, 0.4) is 0 Å². The summed E-state index contributed by atoms with van der Waals surface area (Å²) in [5.74, 6) is 1.94. The van der Waals surface area contributed by atoms with Crippen LogP contribution in [0.1, 0.15) is 71.6 Å². The van der Waals surface area contributed by atoms with E-state index in [4.69, 9.17) is 0 Å². The second kappa shape index (κ2) is 7.11. The van der Waals surface area contributed by atoms with Crippen molar-refractivity contribution in [2.45, 2.75) is 83.7 Å².